The molecule has 84 valence electrons. The lowest BCUT2D eigenvalue weighted by molar-refractivity contribution is -0.172. The molecule has 1 rings (SSSR count). The van der Waals surface area contributed by atoms with E-state index in [0.717, 1.165) is 4.90 Å². The maximum Gasteiger partial charge on any atom is 0.323 e. The average molecular weight is 215 g/mol. The van der Waals surface area contributed by atoms with Gasteiger partial charge in [-0.2, -0.15) is 17.6 Å². The Morgan fingerprint density at radius 1 is 1.14 bits per heavy atom. The highest BCUT2D eigenvalue weighted by Crippen LogP contribution is 2.43. The van der Waals surface area contributed by atoms with Crippen LogP contribution in [0.15, 0.2) is 0 Å². The second-order valence-corrected chi connectivity index (χ2v) is 4.24. The summed E-state index contributed by atoms with van der Waals surface area (Å²) in [5.74, 6) is -8.00. The van der Waals surface area contributed by atoms with Crippen LogP contribution in [0.4, 0.5) is 17.6 Å². The van der Waals surface area contributed by atoms with Gasteiger partial charge < -0.3 is 5.11 Å². The summed E-state index contributed by atoms with van der Waals surface area (Å²) in [5.41, 5.74) is -1.04. The number of hydrogen-bond acceptors (Lipinski definition) is 2. The van der Waals surface area contributed by atoms with Crippen LogP contribution in [-0.4, -0.2) is 47.1 Å². The molecule has 0 atom stereocenters. The molecule has 0 aliphatic carbocycles. The van der Waals surface area contributed by atoms with Gasteiger partial charge in [0.1, 0.15) is 0 Å². The van der Waals surface area contributed by atoms with Crippen molar-refractivity contribution in [2.24, 2.45) is 0 Å². The molecule has 14 heavy (non-hydrogen) atoms. The van der Waals surface area contributed by atoms with Crippen molar-refractivity contribution in [3.63, 3.8) is 0 Å². The number of halogens is 4. The Balaban J connectivity index is 2.83. The van der Waals surface area contributed by atoms with Gasteiger partial charge in [-0.1, -0.05) is 0 Å². The fourth-order valence-electron chi connectivity index (χ4n) is 1.29. The van der Waals surface area contributed by atoms with Crippen LogP contribution in [0.3, 0.4) is 0 Å². The summed E-state index contributed by atoms with van der Waals surface area (Å²) in [4.78, 5) is 0.910. The van der Waals surface area contributed by atoms with Crippen LogP contribution in [0.1, 0.15) is 13.8 Å². The third-order valence-corrected chi connectivity index (χ3v) is 2.56. The highest BCUT2D eigenvalue weighted by atomic mass is 19.3. The highest BCUT2D eigenvalue weighted by molar-refractivity contribution is 5.01. The van der Waals surface area contributed by atoms with Gasteiger partial charge in [0, 0.05) is 5.54 Å². The summed E-state index contributed by atoms with van der Waals surface area (Å²) in [7, 11) is 0. The molecule has 1 heterocycles. The lowest BCUT2D eigenvalue weighted by atomic mass is 10.1. The van der Waals surface area contributed by atoms with Crippen molar-refractivity contribution < 1.29 is 22.7 Å². The van der Waals surface area contributed by atoms with E-state index in [2.05, 4.69) is 0 Å². The Labute approximate surface area is 79.5 Å². The van der Waals surface area contributed by atoms with E-state index in [1.807, 2.05) is 0 Å². The monoisotopic (exact) mass is 215 g/mol. The zero-order valence-electron chi connectivity index (χ0n) is 8.03. The molecule has 0 unspecified atom stereocenters. The lowest BCUT2D eigenvalue weighted by Gasteiger charge is -2.32. The van der Waals surface area contributed by atoms with Crippen LogP contribution >= 0.6 is 0 Å². The summed E-state index contributed by atoms with van der Waals surface area (Å²) in [6.07, 6.45) is 0. The van der Waals surface area contributed by atoms with Crippen molar-refractivity contribution in [2.75, 3.05) is 19.7 Å². The van der Waals surface area contributed by atoms with Gasteiger partial charge in [0.25, 0.3) is 0 Å². The molecule has 1 aliphatic heterocycles. The zero-order valence-corrected chi connectivity index (χ0v) is 8.03. The van der Waals surface area contributed by atoms with Gasteiger partial charge in [-0.05, 0) is 13.8 Å². The van der Waals surface area contributed by atoms with E-state index >= 15 is 0 Å². The van der Waals surface area contributed by atoms with E-state index in [1.54, 1.807) is 0 Å². The Hall–Kier alpha value is -0.360. The molecule has 0 radical (unpaired) electrons. The second-order valence-electron chi connectivity index (χ2n) is 4.24. The minimum atomic E-state index is -4.00. The molecule has 0 aromatic carbocycles. The highest BCUT2D eigenvalue weighted by Gasteiger charge is 2.64. The normalized spacial score (nSPS) is 26.8. The first kappa shape index (κ1) is 11.7. The number of nitrogens with zero attached hydrogens (tertiary/aromatic N) is 1. The van der Waals surface area contributed by atoms with Crippen LogP contribution in [0.2, 0.25) is 0 Å². The number of hydrogen-bond donors (Lipinski definition) is 1. The maximum atomic E-state index is 12.8. The van der Waals surface area contributed by atoms with Gasteiger partial charge in [-0.3, -0.25) is 4.90 Å². The summed E-state index contributed by atoms with van der Waals surface area (Å²) in [6.45, 7) is 0.454. The Bertz CT molecular complexity index is 213. The standard InChI is InChI=1S/C8H13F4NO/c1-6(2,5-14)13-3-7(9,10)8(11,12)4-13/h14H,3-5H2,1-2H3. The third-order valence-electron chi connectivity index (χ3n) is 2.56. The minimum Gasteiger partial charge on any atom is -0.394 e. The smallest absolute Gasteiger partial charge is 0.323 e. The molecule has 1 fully saturated rings. The first-order valence-electron chi connectivity index (χ1n) is 4.24. The number of alkyl halides is 4. The number of likely N-dealkylation sites (tertiary alicyclic amines) is 1. The Morgan fingerprint density at radius 3 is 1.79 bits per heavy atom. The summed E-state index contributed by atoms with van der Waals surface area (Å²) in [5, 5.41) is 8.86. The Morgan fingerprint density at radius 2 is 1.50 bits per heavy atom. The zero-order chi connectivity index (χ0) is 11.2. The number of aliphatic hydroxyl groups is 1. The van der Waals surface area contributed by atoms with E-state index in [4.69, 9.17) is 5.11 Å². The molecule has 6 heteroatoms. The predicted octanol–water partition coefficient (Wildman–Crippen LogP) is 1.34. The predicted molar refractivity (Wildman–Crippen MR) is 42.6 cm³/mol. The van der Waals surface area contributed by atoms with Gasteiger partial charge >= 0.3 is 11.8 Å². The van der Waals surface area contributed by atoms with Crippen molar-refractivity contribution in [1.29, 1.82) is 0 Å². The molecule has 0 aromatic heterocycles. The van der Waals surface area contributed by atoms with Crippen LogP contribution < -0.4 is 0 Å². The third kappa shape index (κ3) is 1.72. The maximum absolute atomic E-state index is 12.8. The van der Waals surface area contributed by atoms with Crippen LogP contribution in [0.5, 0.6) is 0 Å². The van der Waals surface area contributed by atoms with Crippen molar-refractivity contribution >= 4 is 0 Å². The van der Waals surface area contributed by atoms with Crippen molar-refractivity contribution in [3.05, 3.63) is 0 Å². The molecule has 0 spiro atoms. The summed E-state index contributed by atoms with van der Waals surface area (Å²) < 4.78 is 51.1. The molecule has 0 amide bonds. The van der Waals surface area contributed by atoms with E-state index < -0.39 is 37.1 Å². The molecular formula is C8H13F4NO. The first-order chi connectivity index (χ1) is 6.12. The number of aliphatic hydroxyl groups excluding tert-OH is 1. The van der Waals surface area contributed by atoms with Crippen molar-refractivity contribution in [2.45, 2.75) is 31.2 Å². The quantitative estimate of drug-likeness (QED) is 0.703. The second kappa shape index (κ2) is 3.06. The van der Waals surface area contributed by atoms with E-state index in [0.29, 0.717) is 0 Å². The largest absolute Gasteiger partial charge is 0.394 e. The molecule has 0 aromatic rings. The van der Waals surface area contributed by atoms with Crippen LogP contribution in [0, 0.1) is 0 Å². The van der Waals surface area contributed by atoms with Crippen molar-refractivity contribution in [1.82, 2.24) is 4.90 Å². The van der Waals surface area contributed by atoms with Gasteiger partial charge in [0.05, 0.1) is 19.7 Å². The van der Waals surface area contributed by atoms with Gasteiger partial charge in [0.15, 0.2) is 0 Å². The van der Waals surface area contributed by atoms with Gasteiger partial charge in [-0.15, -0.1) is 0 Å². The topological polar surface area (TPSA) is 23.5 Å². The fourth-order valence-corrected chi connectivity index (χ4v) is 1.29. The lowest BCUT2D eigenvalue weighted by Crippen LogP contribution is -2.46. The van der Waals surface area contributed by atoms with E-state index in [1.165, 1.54) is 13.8 Å². The summed E-state index contributed by atoms with van der Waals surface area (Å²) in [6, 6.07) is 0. The van der Waals surface area contributed by atoms with Crippen LogP contribution in [-0.2, 0) is 0 Å². The molecule has 1 N–H and O–H groups in total. The Kier molecular flexibility index (Phi) is 2.56. The molecule has 1 aliphatic rings. The average Bonchev–Trinajstić information content (AvgIpc) is 2.22. The molecule has 0 saturated carbocycles. The fraction of sp³-hybridized carbons (Fsp3) is 1.00. The molecule has 0 bridgehead atoms. The van der Waals surface area contributed by atoms with Crippen molar-refractivity contribution in [3.8, 4) is 0 Å². The van der Waals surface area contributed by atoms with E-state index in [9.17, 15) is 17.6 Å². The minimum absolute atomic E-state index is 0.431. The van der Waals surface area contributed by atoms with Crippen LogP contribution in [0.25, 0.3) is 0 Å². The first-order valence-corrected chi connectivity index (χ1v) is 4.24. The molecule has 1 saturated heterocycles. The van der Waals surface area contributed by atoms with Gasteiger partial charge in [0.2, 0.25) is 0 Å². The molecular weight excluding hydrogens is 202 g/mol. The van der Waals surface area contributed by atoms with Gasteiger partial charge in [-0.25, -0.2) is 0 Å². The summed E-state index contributed by atoms with van der Waals surface area (Å²) >= 11 is 0. The number of rotatable bonds is 2. The van der Waals surface area contributed by atoms with E-state index in [-0.39, 0.29) is 0 Å². The molecule has 2 nitrogen and oxygen atoms in total. The SMILES string of the molecule is CC(C)(CO)N1CC(F)(F)C(F)(F)C1.